The Kier molecular flexibility index (Phi) is 4.22. The van der Waals surface area contributed by atoms with Crippen molar-refractivity contribution in [3.05, 3.63) is 64.1 Å². The molecular formula is C15H14BrNO2. The third kappa shape index (κ3) is 3.35. The first-order valence-corrected chi connectivity index (χ1v) is 6.64. The number of nitrogens with two attached hydrogens (primary N) is 1. The molecule has 0 saturated carbocycles. The van der Waals surface area contributed by atoms with Crippen LogP contribution in [0.15, 0.2) is 53.0 Å². The Morgan fingerprint density at radius 3 is 2.47 bits per heavy atom. The maximum absolute atomic E-state index is 11.5. The Morgan fingerprint density at radius 2 is 1.89 bits per heavy atom. The van der Waals surface area contributed by atoms with Crippen LogP contribution in [-0.2, 0) is 4.79 Å². The van der Waals surface area contributed by atoms with Gasteiger partial charge in [-0.3, -0.25) is 4.79 Å². The lowest BCUT2D eigenvalue weighted by Gasteiger charge is -2.17. The average Bonchev–Trinajstić information content (AvgIpc) is 2.40. The van der Waals surface area contributed by atoms with Gasteiger partial charge in [0, 0.05) is 10.0 Å². The van der Waals surface area contributed by atoms with Crippen LogP contribution in [0.5, 0.6) is 5.75 Å². The number of amides is 1. The topological polar surface area (TPSA) is 52.3 Å². The van der Waals surface area contributed by atoms with Crippen LogP contribution < -0.4 is 10.5 Å². The second-order valence-electron chi connectivity index (χ2n) is 4.22. The van der Waals surface area contributed by atoms with E-state index in [1.165, 1.54) is 0 Å². The molecule has 1 amide bonds. The predicted octanol–water partition coefficient (Wildman–Crippen LogP) is 3.36. The Bertz CT molecular complexity index is 584. The van der Waals surface area contributed by atoms with Gasteiger partial charge in [-0.25, -0.2) is 0 Å². The van der Waals surface area contributed by atoms with Crippen molar-refractivity contribution in [2.45, 2.75) is 13.0 Å². The van der Waals surface area contributed by atoms with Crippen molar-refractivity contribution in [3.8, 4) is 5.75 Å². The number of ether oxygens (including phenoxy) is 1. The van der Waals surface area contributed by atoms with Gasteiger partial charge in [-0.2, -0.15) is 0 Å². The number of carbonyl (C=O) groups is 1. The molecule has 0 spiro atoms. The van der Waals surface area contributed by atoms with Crippen molar-refractivity contribution >= 4 is 21.8 Å². The van der Waals surface area contributed by atoms with Gasteiger partial charge in [0.25, 0.3) is 5.91 Å². The third-order valence-electron chi connectivity index (χ3n) is 2.74. The number of rotatable bonds is 4. The molecule has 19 heavy (non-hydrogen) atoms. The molecule has 0 aromatic heterocycles. The van der Waals surface area contributed by atoms with Crippen LogP contribution in [0.3, 0.4) is 0 Å². The molecule has 0 fully saturated rings. The molecule has 1 atom stereocenters. The summed E-state index contributed by atoms with van der Waals surface area (Å²) in [7, 11) is 0. The smallest absolute Gasteiger partial charge is 0.263 e. The van der Waals surface area contributed by atoms with E-state index in [0.29, 0.717) is 5.75 Å². The molecule has 4 heteroatoms. The van der Waals surface area contributed by atoms with Crippen molar-refractivity contribution in [2.75, 3.05) is 0 Å². The fourth-order valence-electron chi connectivity index (χ4n) is 1.74. The maximum Gasteiger partial charge on any atom is 0.263 e. The number of halogens is 1. The third-order valence-corrected chi connectivity index (χ3v) is 3.63. The van der Waals surface area contributed by atoms with Gasteiger partial charge in [0.05, 0.1) is 0 Å². The van der Waals surface area contributed by atoms with Crippen LogP contribution in [0.1, 0.15) is 17.2 Å². The number of hydrogen-bond donors (Lipinski definition) is 1. The largest absolute Gasteiger partial charge is 0.476 e. The molecule has 98 valence electrons. The lowest BCUT2D eigenvalue weighted by atomic mass is 10.1. The van der Waals surface area contributed by atoms with Crippen molar-refractivity contribution < 1.29 is 9.53 Å². The summed E-state index contributed by atoms with van der Waals surface area (Å²) in [6.45, 7) is 1.96. The molecule has 2 aromatic carbocycles. The number of primary amides is 1. The van der Waals surface area contributed by atoms with Crippen molar-refractivity contribution in [3.63, 3.8) is 0 Å². The first-order chi connectivity index (χ1) is 9.08. The van der Waals surface area contributed by atoms with Crippen LogP contribution in [-0.4, -0.2) is 5.91 Å². The minimum atomic E-state index is -0.776. The fourth-order valence-corrected chi connectivity index (χ4v) is 1.99. The highest BCUT2D eigenvalue weighted by molar-refractivity contribution is 9.10. The molecule has 0 aliphatic heterocycles. The molecule has 2 aromatic rings. The number of benzene rings is 2. The highest BCUT2D eigenvalue weighted by Crippen LogP contribution is 2.26. The predicted molar refractivity (Wildman–Crippen MR) is 77.9 cm³/mol. The SMILES string of the molecule is Cc1cc(OC(C(N)=O)c2ccccc2)ccc1Br. The van der Waals surface area contributed by atoms with Crippen LogP contribution >= 0.6 is 15.9 Å². The summed E-state index contributed by atoms with van der Waals surface area (Å²) in [4.78, 5) is 11.5. The van der Waals surface area contributed by atoms with Crippen molar-refractivity contribution in [1.29, 1.82) is 0 Å². The zero-order chi connectivity index (χ0) is 13.8. The Labute approximate surface area is 120 Å². The molecular weight excluding hydrogens is 306 g/mol. The molecule has 0 bridgehead atoms. The van der Waals surface area contributed by atoms with E-state index >= 15 is 0 Å². The maximum atomic E-state index is 11.5. The van der Waals surface area contributed by atoms with Crippen LogP contribution in [0, 0.1) is 6.92 Å². The van der Waals surface area contributed by atoms with Gasteiger partial charge in [0.15, 0.2) is 0 Å². The van der Waals surface area contributed by atoms with Crippen LogP contribution in [0.2, 0.25) is 0 Å². The van der Waals surface area contributed by atoms with E-state index in [0.717, 1.165) is 15.6 Å². The average molecular weight is 320 g/mol. The first-order valence-electron chi connectivity index (χ1n) is 5.85. The molecule has 2 N–H and O–H groups in total. The zero-order valence-electron chi connectivity index (χ0n) is 10.5. The van der Waals surface area contributed by atoms with Crippen LogP contribution in [0.25, 0.3) is 0 Å². The number of carbonyl (C=O) groups excluding carboxylic acids is 1. The van der Waals surface area contributed by atoms with Gasteiger partial charge in [-0.1, -0.05) is 46.3 Å². The van der Waals surface area contributed by atoms with Gasteiger partial charge in [-0.15, -0.1) is 0 Å². The monoisotopic (exact) mass is 319 g/mol. The lowest BCUT2D eigenvalue weighted by molar-refractivity contribution is -0.125. The van der Waals surface area contributed by atoms with Gasteiger partial charge >= 0.3 is 0 Å². The van der Waals surface area contributed by atoms with E-state index in [9.17, 15) is 4.79 Å². The van der Waals surface area contributed by atoms with Gasteiger partial charge in [0.2, 0.25) is 6.10 Å². The van der Waals surface area contributed by atoms with Gasteiger partial charge in [0.1, 0.15) is 5.75 Å². The summed E-state index contributed by atoms with van der Waals surface area (Å²) in [6, 6.07) is 14.8. The normalized spacial score (nSPS) is 11.9. The molecule has 0 aliphatic rings. The standard InChI is InChI=1S/C15H14BrNO2/c1-10-9-12(7-8-13(10)16)19-14(15(17)18)11-5-3-2-4-6-11/h2-9,14H,1H3,(H2,17,18). The summed E-state index contributed by atoms with van der Waals surface area (Å²) in [5.41, 5.74) is 7.19. The van der Waals surface area contributed by atoms with Gasteiger partial charge < -0.3 is 10.5 Å². The van der Waals surface area contributed by atoms with E-state index < -0.39 is 12.0 Å². The molecule has 0 heterocycles. The molecule has 0 saturated heterocycles. The minimum Gasteiger partial charge on any atom is -0.476 e. The minimum absolute atomic E-state index is 0.508. The number of aryl methyl sites for hydroxylation is 1. The highest BCUT2D eigenvalue weighted by atomic mass is 79.9. The summed E-state index contributed by atoms with van der Waals surface area (Å²) in [5, 5.41) is 0. The van der Waals surface area contributed by atoms with E-state index in [-0.39, 0.29) is 0 Å². The summed E-state index contributed by atoms with van der Waals surface area (Å²) in [6.07, 6.45) is -0.776. The van der Waals surface area contributed by atoms with Crippen molar-refractivity contribution in [1.82, 2.24) is 0 Å². The highest BCUT2D eigenvalue weighted by Gasteiger charge is 2.19. The zero-order valence-corrected chi connectivity index (χ0v) is 12.1. The van der Waals surface area contributed by atoms with E-state index in [2.05, 4.69) is 15.9 Å². The van der Waals surface area contributed by atoms with Crippen molar-refractivity contribution in [2.24, 2.45) is 5.73 Å². The Morgan fingerprint density at radius 1 is 1.21 bits per heavy atom. The Hall–Kier alpha value is -1.81. The first kappa shape index (κ1) is 13.6. The number of hydrogen-bond acceptors (Lipinski definition) is 2. The second-order valence-corrected chi connectivity index (χ2v) is 5.08. The molecule has 0 radical (unpaired) electrons. The lowest BCUT2D eigenvalue weighted by Crippen LogP contribution is -2.26. The fraction of sp³-hybridized carbons (Fsp3) is 0.133. The quantitative estimate of drug-likeness (QED) is 0.939. The molecule has 2 rings (SSSR count). The summed E-state index contributed by atoms with van der Waals surface area (Å²) >= 11 is 3.42. The van der Waals surface area contributed by atoms with E-state index in [1.54, 1.807) is 6.07 Å². The summed E-state index contributed by atoms with van der Waals surface area (Å²) in [5.74, 6) is 0.111. The second kappa shape index (κ2) is 5.89. The van der Waals surface area contributed by atoms with E-state index in [4.69, 9.17) is 10.5 Å². The summed E-state index contributed by atoms with van der Waals surface area (Å²) < 4.78 is 6.70. The van der Waals surface area contributed by atoms with Crippen LogP contribution in [0.4, 0.5) is 0 Å². The van der Waals surface area contributed by atoms with E-state index in [1.807, 2.05) is 49.4 Å². The molecule has 0 aliphatic carbocycles. The molecule has 3 nitrogen and oxygen atoms in total. The Balaban J connectivity index is 2.27. The van der Waals surface area contributed by atoms with Gasteiger partial charge in [-0.05, 0) is 30.7 Å². The molecule has 1 unspecified atom stereocenters.